The van der Waals surface area contributed by atoms with Gasteiger partial charge in [0.05, 0.1) is 30.7 Å². The lowest BCUT2D eigenvalue weighted by molar-refractivity contribution is 0.0963. The maximum absolute atomic E-state index is 12.9. The van der Waals surface area contributed by atoms with Crippen molar-refractivity contribution in [2.75, 3.05) is 13.7 Å². The SMILES string of the molecule is COc1ccc(-c2nc3ncc4c(=O)n(CC5CCCO5)ccc4n3n2)cc1. The zero-order valence-corrected chi connectivity index (χ0v) is 15.4. The van der Waals surface area contributed by atoms with Gasteiger partial charge in [0.25, 0.3) is 11.3 Å². The predicted octanol–water partition coefficient (Wildman–Crippen LogP) is 2.29. The summed E-state index contributed by atoms with van der Waals surface area (Å²) < 4.78 is 14.1. The minimum atomic E-state index is -0.0936. The normalized spacial score (nSPS) is 16.8. The van der Waals surface area contributed by atoms with E-state index in [1.54, 1.807) is 28.6 Å². The van der Waals surface area contributed by atoms with Crippen LogP contribution in [0.25, 0.3) is 28.1 Å². The van der Waals surface area contributed by atoms with Crippen LogP contribution < -0.4 is 10.3 Å². The lowest BCUT2D eigenvalue weighted by Gasteiger charge is -2.12. The van der Waals surface area contributed by atoms with Crippen LogP contribution in [0.15, 0.2) is 47.5 Å². The summed E-state index contributed by atoms with van der Waals surface area (Å²) in [6, 6.07) is 9.38. The van der Waals surface area contributed by atoms with Crippen LogP contribution in [-0.4, -0.2) is 44.0 Å². The second kappa shape index (κ2) is 6.72. The fourth-order valence-corrected chi connectivity index (χ4v) is 3.57. The average molecular weight is 377 g/mol. The quantitative estimate of drug-likeness (QED) is 0.543. The molecule has 1 aromatic carbocycles. The Morgan fingerprint density at radius 1 is 1.25 bits per heavy atom. The minimum Gasteiger partial charge on any atom is -0.497 e. The van der Waals surface area contributed by atoms with Crippen molar-refractivity contribution in [1.82, 2.24) is 24.1 Å². The van der Waals surface area contributed by atoms with E-state index < -0.39 is 0 Å². The van der Waals surface area contributed by atoms with Gasteiger partial charge in [0, 0.05) is 24.6 Å². The van der Waals surface area contributed by atoms with Gasteiger partial charge in [-0.05, 0) is 43.2 Å². The number of hydrogen-bond acceptors (Lipinski definition) is 6. The van der Waals surface area contributed by atoms with Crippen LogP contribution in [0.5, 0.6) is 5.75 Å². The molecule has 1 unspecified atom stereocenters. The molecule has 0 radical (unpaired) electrons. The molecule has 1 saturated heterocycles. The molecule has 3 aromatic heterocycles. The van der Waals surface area contributed by atoms with E-state index >= 15 is 0 Å². The highest BCUT2D eigenvalue weighted by atomic mass is 16.5. The first-order valence-corrected chi connectivity index (χ1v) is 9.24. The highest BCUT2D eigenvalue weighted by Crippen LogP contribution is 2.21. The molecule has 0 N–H and O–H groups in total. The number of ether oxygens (including phenoxy) is 2. The molecule has 1 aliphatic heterocycles. The summed E-state index contributed by atoms with van der Waals surface area (Å²) in [4.78, 5) is 21.7. The fourth-order valence-electron chi connectivity index (χ4n) is 3.57. The van der Waals surface area contributed by atoms with Crippen molar-refractivity contribution < 1.29 is 9.47 Å². The van der Waals surface area contributed by atoms with Gasteiger partial charge in [-0.3, -0.25) is 4.79 Å². The second-order valence-electron chi connectivity index (χ2n) is 6.84. The Balaban J connectivity index is 1.58. The van der Waals surface area contributed by atoms with Crippen molar-refractivity contribution >= 4 is 16.7 Å². The first-order valence-electron chi connectivity index (χ1n) is 9.24. The summed E-state index contributed by atoms with van der Waals surface area (Å²) >= 11 is 0. The number of aromatic nitrogens is 5. The number of methoxy groups -OCH3 is 1. The third kappa shape index (κ3) is 2.82. The molecule has 142 valence electrons. The number of fused-ring (bicyclic) bond motifs is 3. The number of nitrogens with zero attached hydrogens (tertiary/aromatic N) is 5. The third-order valence-corrected chi connectivity index (χ3v) is 5.08. The highest BCUT2D eigenvalue weighted by molar-refractivity contribution is 5.79. The number of rotatable bonds is 4. The van der Waals surface area contributed by atoms with Crippen LogP contribution in [0.4, 0.5) is 0 Å². The van der Waals surface area contributed by atoms with E-state index in [1.807, 2.05) is 30.3 Å². The molecular formula is C20H19N5O3. The summed E-state index contributed by atoms with van der Waals surface area (Å²) in [5.74, 6) is 1.77. The molecule has 0 amide bonds. The number of hydrogen-bond donors (Lipinski definition) is 0. The van der Waals surface area contributed by atoms with Gasteiger partial charge in [-0.25, -0.2) is 4.98 Å². The maximum atomic E-state index is 12.9. The van der Waals surface area contributed by atoms with Gasteiger partial charge in [0.2, 0.25) is 0 Å². The Kier molecular flexibility index (Phi) is 4.05. The zero-order valence-electron chi connectivity index (χ0n) is 15.4. The summed E-state index contributed by atoms with van der Waals surface area (Å²) in [6.45, 7) is 1.32. The Bertz CT molecular complexity index is 1210. The first kappa shape index (κ1) is 16.9. The van der Waals surface area contributed by atoms with Crippen LogP contribution in [0, 0.1) is 0 Å². The van der Waals surface area contributed by atoms with E-state index in [0.717, 1.165) is 30.8 Å². The lowest BCUT2D eigenvalue weighted by atomic mass is 10.2. The van der Waals surface area contributed by atoms with Crippen molar-refractivity contribution in [1.29, 1.82) is 0 Å². The van der Waals surface area contributed by atoms with Crippen LogP contribution in [0.2, 0.25) is 0 Å². The molecule has 8 heteroatoms. The van der Waals surface area contributed by atoms with Crippen molar-refractivity contribution in [3.05, 3.63) is 53.1 Å². The Hall–Kier alpha value is -3.26. The van der Waals surface area contributed by atoms with E-state index in [-0.39, 0.29) is 11.7 Å². The molecule has 8 nitrogen and oxygen atoms in total. The summed E-state index contributed by atoms with van der Waals surface area (Å²) in [5, 5.41) is 5.08. The van der Waals surface area contributed by atoms with Crippen molar-refractivity contribution in [2.45, 2.75) is 25.5 Å². The molecule has 4 heterocycles. The Labute approximate surface area is 160 Å². The van der Waals surface area contributed by atoms with E-state index in [4.69, 9.17) is 9.47 Å². The third-order valence-electron chi connectivity index (χ3n) is 5.08. The molecule has 1 aliphatic rings. The lowest BCUT2D eigenvalue weighted by Crippen LogP contribution is -2.26. The highest BCUT2D eigenvalue weighted by Gasteiger charge is 2.18. The Morgan fingerprint density at radius 2 is 2.11 bits per heavy atom. The van der Waals surface area contributed by atoms with Crippen LogP contribution in [0.1, 0.15) is 12.8 Å². The topological polar surface area (TPSA) is 83.5 Å². The van der Waals surface area contributed by atoms with E-state index in [0.29, 0.717) is 29.0 Å². The van der Waals surface area contributed by atoms with E-state index in [2.05, 4.69) is 15.1 Å². The van der Waals surface area contributed by atoms with Gasteiger partial charge < -0.3 is 14.0 Å². The van der Waals surface area contributed by atoms with Gasteiger partial charge in [0.15, 0.2) is 5.82 Å². The molecule has 0 saturated carbocycles. The van der Waals surface area contributed by atoms with Gasteiger partial charge in [-0.1, -0.05) is 0 Å². The molecule has 28 heavy (non-hydrogen) atoms. The van der Waals surface area contributed by atoms with Crippen LogP contribution >= 0.6 is 0 Å². The average Bonchev–Trinajstić information content (AvgIpc) is 3.39. The smallest absolute Gasteiger partial charge is 0.261 e. The van der Waals surface area contributed by atoms with Crippen molar-refractivity contribution in [2.24, 2.45) is 0 Å². The van der Waals surface area contributed by atoms with Crippen molar-refractivity contribution in [3.63, 3.8) is 0 Å². The summed E-state index contributed by atoms with van der Waals surface area (Å²) in [5.41, 5.74) is 1.45. The molecule has 0 spiro atoms. The monoisotopic (exact) mass is 377 g/mol. The molecule has 0 bridgehead atoms. The van der Waals surface area contributed by atoms with Crippen LogP contribution in [-0.2, 0) is 11.3 Å². The van der Waals surface area contributed by atoms with Crippen LogP contribution in [0.3, 0.4) is 0 Å². The molecule has 5 rings (SSSR count). The molecule has 0 aliphatic carbocycles. The van der Waals surface area contributed by atoms with Gasteiger partial charge in [0.1, 0.15) is 5.75 Å². The van der Waals surface area contributed by atoms with Gasteiger partial charge >= 0.3 is 0 Å². The molecule has 1 atom stereocenters. The van der Waals surface area contributed by atoms with E-state index in [9.17, 15) is 4.79 Å². The first-order chi connectivity index (χ1) is 13.7. The number of benzene rings is 1. The summed E-state index contributed by atoms with van der Waals surface area (Å²) in [7, 11) is 1.62. The Morgan fingerprint density at radius 3 is 2.86 bits per heavy atom. The molecular weight excluding hydrogens is 358 g/mol. The summed E-state index contributed by atoms with van der Waals surface area (Å²) in [6.07, 6.45) is 5.49. The second-order valence-corrected chi connectivity index (χ2v) is 6.84. The maximum Gasteiger partial charge on any atom is 0.261 e. The zero-order chi connectivity index (χ0) is 19.1. The van der Waals surface area contributed by atoms with Gasteiger partial charge in [-0.2, -0.15) is 9.50 Å². The van der Waals surface area contributed by atoms with Gasteiger partial charge in [-0.15, -0.1) is 5.10 Å². The minimum absolute atomic E-state index is 0.0936. The molecule has 1 fully saturated rings. The fraction of sp³-hybridized carbons (Fsp3) is 0.300. The van der Waals surface area contributed by atoms with Crippen molar-refractivity contribution in [3.8, 4) is 17.1 Å². The van der Waals surface area contributed by atoms with E-state index in [1.165, 1.54) is 0 Å². The largest absolute Gasteiger partial charge is 0.497 e. The molecule has 4 aromatic rings. The standard InChI is InChI=1S/C20H19N5O3/c1-27-14-6-4-13(5-7-14)18-22-20-21-11-16-17(25(20)23-18)8-9-24(19(16)26)12-15-3-2-10-28-15/h4-9,11,15H,2-3,10,12H2,1H3. The number of pyridine rings is 1. The predicted molar refractivity (Wildman–Crippen MR) is 104 cm³/mol.